The lowest BCUT2D eigenvalue weighted by Gasteiger charge is -2.18. The van der Waals surface area contributed by atoms with Crippen LogP contribution in [-0.4, -0.2) is 24.7 Å². The first-order valence-corrected chi connectivity index (χ1v) is 8.21. The van der Waals surface area contributed by atoms with Crippen molar-refractivity contribution in [3.8, 4) is 5.75 Å². The molecular weight excluding hydrogens is 242 g/mol. The van der Waals surface area contributed by atoms with E-state index >= 15 is 0 Å². The normalized spacial score (nSPS) is 16.6. The zero-order valence-corrected chi connectivity index (χ0v) is 12.1. The molecule has 0 saturated heterocycles. The average Bonchev–Trinajstić information content (AvgIpc) is 3.19. The first-order valence-electron chi connectivity index (χ1n) is 6.82. The van der Waals surface area contributed by atoms with E-state index in [0.717, 1.165) is 18.0 Å². The van der Waals surface area contributed by atoms with Crippen molar-refractivity contribution in [3.05, 3.63) is 29.8 Å². The van der Waals surface area contributed by atoms with Crippen molar-refractivity contribution in [3.63, 3.8) is 0 Å². The van der Waals surface area contributed by atoms with Gasteiger partial charge in [0.15, 0.2) is 0 Å². The molecule has 2 nitrogen and oxygen atoms in total. The second-order valence-corrected chi connectivity index (χ2v) is 5.76. The smallest absolute Gasteiger partial charge is 0.120 e. The molecule has 1 atom stereocenters. The molecule has 1 aliphatic rings. The molecule has 0 heterocycles. The van der Waals surface area contributed by atoms with Crippen molar-refractivity contribution < 1.29 is 4.74 Å². The number of thioether (sulfide) groups is 1. The van der Waals surface area contributed by atoms with E-state index in [-0.39, 0.29) is 0 Å². The summed E-state index contributed by atoms with van der Waals surface area (Å²) in [6.07, 6.45) is 6.23. The standard InChI is InChI=1S/C15H23NOS/c1-3-9-16-15(11-18-2)12-5-4-6-14(10-12)17-13-7-8-13/h4-6,10,13,15-16H,3,7-9,11H2,1-2H3. The summed E-state index contributed by atoms with van der Waals surface area (Å²) in [5.41, 5.74) is 1.34. The maximum absolute atomic E-state index is 5.86. The number of hydrogen-bond acceptors (Lipinski definition) is 3. The van der Waals surface area contributed by atoms with Crippen LogP contribution in [0.25, 0.3) is 0 Å². The number of rotatable bonds is 8. The van der Waals surface area contributed by atoms with Crippen LogP contribution < -0.4 is 10.1 Å². The highest BCUT2D eigenvalue weighted by Crippen LogP contribution is 2.28. The Balaban J connectivity index is 2.02. The van der Waals surface area contributed by atoms with E-state index in [1.165, 1.54) is 24.8 Å². The summed E-state index contributed by atoms with van der Waals surface area (Å²) in [5, 5.41) is 3.61. The lowest BCUT2D eigenvalue weighted by Crippen LogP contribution is -2.24. The summed E-state index contributed by atoms with van der Waals surface area (Å²) in [4.78, 5) is 0. The predicted molar refractivity (Wildman–Crippen MR) is 79.5 cm³/mol. The highest BCUT2D eigenvalue weighted by molar-refractivity contribution is 7.98. The van der Waals surface area contributed by atoms with Gasteiger partial charge in [-0.3, -0.25) is 0 Å². The van der Waals surface area contributed by atoms with Gasteiger partial charge in [-0.1, -0.05) is 19.1 Å². The van der Waals surface area contributed by atoms with Gasteiger partial charge < -0.3 is 10.1 Å². The Hall–Kier alpha value is -0.670. The summed E-state index contributed by atoms with van der Waals surface area (Å²) >= 11 is 1.88. The topological polar surface area (TPSA) is 21.3 Å². The van der Waals surface area contributed by atoms with Crippen LogP contribution in [0.15, 0.2) is 24.3 Å². The van der Waals surface area contributed by atoms with Crippen LogP contribution in [0.5, 0.6) is 5.75 Å². The van der Waals surface area contributed by atoms with E-state index in [2.05, 4.69) is 42.8 Å². The van der Waals surface area contributed by atoms with Crippen molar-refractivity contribution in [2.75, 3.05) is 18.6 Å². The van der Waals surface area contributed by atoms with E-state index in [9.17, 15) is 0 Å². The zero-order valence-electron chi connectivity index (χ0n) is 11.3. The molecule has 1 aromatic rings. The first-order chi connectivity index (χ1) is 8.83. The Labute approximate surface area is 114 Å². The monoisotopic (exact) mass is 265 g/mol. The molecule has 1 aromatic carbocycles. The Bertz CT molecular complexity index is 365. The van der Waals surface area contributed by atoms with E-state index < -0.39 is 0 Å². The van der Waals surface area contributed by atoms with Crippen LogP contribution in [0.4, 0.5) is 0 Å². The fourth-order valence-electron chi connectivity index (χ4n) is 1.94. The van der Waals surface area contributed by atoms with Gasteiger partial charge in [-0.2, -0.15) is 11.8 Å². The summed E-state index contributed by atoms with van der Waals surface area (Å²) in [6.45, 7) is 3.27. The molecule has 1 fully saturated rings. The molecule has 0 aromatic heterocycles. The van der Waals surface area contributed by atoms with Crippen molar-refractivity contribution >= 4 is 11.8 Å². The van der Waals surface area contributed by atoms with Gasteiger partial charge in [-0.15, -0.1) is 0 Å². The molecule has 2 rings (SSSR count). The summed E-state index contributed by atoms with van der Waals surface area (Å²) in [5.74, 6) is 2.13. The summed E-state index contributed by atoms with van der Waals surface area (Å²) < 4.78 is 5.86. The Morgan fingerprint density at radius 3 is 2.94 bits per heavy atom. The lowest BCUT2D eigenvalue weighted by atomic mass is 10.1. The molecule has 0 amide bonds. The zero-order chi connectivity index (χ0) is 12.8. The van der Waals surface area contributed by atoms with Gasteiger partial charge in [-0.05, 0) is 49.8 Å². The molecule has 3 heteroatoms. The van der Waals surface area contributed by atoms with E-state index in [1.54, 1.807) is 0 Å². The van der Waals surface area contributed by atoms with Crippen LogP contribution in [0, 0.1) is 0 Å². The Morgan fingerprint density at radius 1 is 1.44 bits per heavy atom. The van der Waals surface area contributed by atoms with Crippen molar-refractivity contribution in [2.24, 2.45) is 0 Å². The SMILES string of the molecule is CCCNC(CSC)c1cccc(OC2CC2)c1. The molecule has 1 N–H and O–H groups in total. The van der Waals surface area contributed by atoms with E-state index in [1.807, 2.05) is 11.8 Å². The molecule has 1 unspecified atom stereocenters. The van der Waals surface area contributed by atoms with Crippen molar-refractivity contribution in [1.82, 2.24) is 5.32 Å². The van der Waals surface area contributed by atoms with Gasteiger partial charge in [0.1, 0.15) is 5.75 Å². The van der Waals surface area contributed by atoms with Crippen LogP contribution in [0.3, 0.4) is 0 Å². The van der Waals surface area contributed by atoms with Crippen LogP contribution in [-0.2, 0) is 0 Å². The summed E-state index contributed by atoms with van der Waals surface area (Å²) in [6, 6.07) is 9.00. The third-order valence-electron chi connectivity index (χ3n) is 3.06. The van der Waals surface area contributed by atoms with E-state index in [0.29, 0.717) is 12.1 Å². The lowest BCUT2D eigenvalue weighted by molar-refractivity contribution is 0.302. The molecule has 0 spiro atoms. The minimum absolute atomic E-state index is 0.433. The van der Waals surface area contributed by atoms with Gasteiger partial charge in [0.05, 0.1) is 6.10 Å². The highest BCUT2D eigenvalue weighted by atomic mass is 32.2. The van der Waals surface area contributed by atoms with Gasteiger partial charge in [0.25, 0.3) is 0 Å². The van der Waals surface area contributed by atoms with Gasteiger partial charge in [0.2, 0.25) is 0 Å². The largest absolute Gasteiger partial charge is 0.490 e. The first kappa shape index (κ1) is 13.8. The fraction of sp³-hybridized carbons (Fsp3) is 0.600. The molecule has 1 aliphatic carbocycles. The van der Waals surface area contributed by atoms with Gasteiger partial charge in [0, 0.05) is 11.8 Å². The minimum Gasteiger partial charge on any atom is -0.490 e. The van der Waals surface area contributed by atoms with Gasteiger partial charge in [-0.25, -0.2) is 0 Å². The average molecular weight is 265 g/mol. The molecule has 0 aliphatic heterocycles. The number of benzene rings is 1. The van der Waals surface area contributed by atoms with Crippen LogP contribution in [0.2, 0.25) is 0 Å². The van der Waals surface area contributed by atoms with Gasteiger partial charge >= 0.3 is 0 Å². The maximum atomic E-state index is 5.86. The third kappa shape index (κ3) is 4.21. The number of ether oxygens (including phenoxy) is 1. The van der Waals surface area contributed by atoms with Crippen molar-refractivity contribution in [1.29, 1.82) is 0 Å². The Kier molecular flexibility index (Phi) is 5.39. The maximum Gasteiger partial charge on any atom is 0.120 e. The molecule has 100 valence electrons. The highest BCUT2D eigenvalue weighted by Gasteiger charge is 2.23. The Morgan fingerprint density at radius 2 is 2.28 bits per heavy atom. The second-order valence-electron chi connectivity index (χ2n) is 4.85. The quantitative estimate of drug-likeness (QED) is 0.775. The molecule has 0 radical (unpaired) electrons. The van der Waals surface area contributed by atoms with Crippen LogP contribution >= 0.6 is 11.8 Å². The molecule has 18 heavy (non-hydrogen) atoms. The fourth-order valence-corrected chi connectivity index (χ4v) is 2.58. The number of hydrogen-bond donors (Lipinski definition) is 1. The molecule has 1 saturated carbocycles. The molecular formula is C15H23NOS. The minimum atomic E-state index is 0.433. The number of nitrogens with one attached hydrogen (secondary N) is 1. The predicted octanol–water partition coefficient (Wildman–Crippen LogP) is 3.63. The van der Waals surface area contributed by atoms with Crippen molar-refractivity contribution in [2.45, 2.75) is 38.3 Å². The summed E-state index contributed by atoms with van der Waals surface area (Å²) in [7, 11) is 0. The van der Waals surface area contributed by atoms with E-state index in [4.69, 9.17) is 4.74 Å². The second kappa shape index (κ2) is 7.05. The van der Waals surface area contributed by atoms with Crippen LogP contribution in [0.1, 0.15) is 37.8 Å². The molecule has 0 bridgehead atoms. The third-order valence-corrected chi connectivity index (χ3v) is 3.73.